The number of pyridine rings is 1. The predicted molar refractivity (Wildman–Crippen MR) is 99.7 cm³/mol. The van der Waals surface area contributed by atoms with Crippen LogP contribution in [0.4, 0.5) is 0 Å². The predicted octanol–water partition coefficient (Wildman–Crippen LogP) is 2.93. The Hall–Kier alpha value is -3.06. The highest BCUT2D eigenvalue weighted by Crippen LogP contribution is 2.38. The number of amides is 1. The summed E-state index contributed by atoms with van der Waals surface area (Å²) in [5.41, 5.74) is 1.30. The molecular weight excluding hydrogens is 368 g/mol. The van der Waals surface area contributed by atoms with E-state index in [1.165, 1.54) is 0 Å². The average Bonchev–Trinajstić information content (AvgIpc) is 3.12. The number of imidazole rings is 1. The number of aromatic nitrogens is 3. The molecule has 138 valence electrons. The second-order valence-electron chi connectivity index (χ2n) is 6.03. The molecule has 2 aromatic heterocycles. The molecule has 4 rings (SSSR count). The molecule has 0 spiro atoms. The Kier molecular flexibility index (Phi) is 4.68. The second kappa shape index (κ2) is 7.28. The summed E-state index contributed by atoms with van der Waals surface area (Å²) in [6, 6.07) is 7.02. The molecule has 27 heavy (non-hydrogen) atoms. The van der Waals surface area contributed by atoms with E-state index in [0.29, 0.717) is 41.8 Å². The van der Waals surface area contributed by atoms with E-state index in [0.717, 1.165) is 17.2 Å². The monoisotopic (exact) mass is 384 g/mol. The van der Waals surface area contributed by atoms with Crippen molar-refractivity contribution < 1.29 is 14.3 Å². The van der Waals surface area contributed by atoms with Gasteiger partial charge >= 0.3 is 0 Å². The molecule has 0 aliphatic carbocycles. The maximum atomic E-state index is 12.5. The molecule has 0 radical (unpaired) electrons. The summed E-state index contributed by atoms with van der Waals surface area (Å²) in [5, 5.41) is 3.22. The zero-order valence-corrected chi connectivity index (χ0v) is 15.4. The molecule has 0 unspecified atom stereocenters. The highest BCUT2D eigenvalue weighted by atomic mass is 35.5. The lowest BCUT2D eigenvalue weighted by atomic mass is 10.1. The molecule has 0 fully saturated rings. The Labute approximate surface area is 160 Å². The summed E-state index contributed by atoms with van der Waals surface area (Å²) >= 11 is 6.19. The van der Waals surface area contributed by atoms with Crippen LogP contribution in [0.3, 0.4) is 0 Å². The number of nitrogens with zero attached hydrogens (tertiary/aromatic N) is 3. The lowest BCUT2D eigenvalue weighted by Crippen LogP contribution is -2.23. The van der Waals surface area contributed by atoms with Crippen LogP contribution in [0.1, 0.15) is 21.7 Å². The molecule has 1 aliphatic rings. The van der Waals surface area contributed by atoms with Crippen LogP contribution >= 0.6 is 11.6 Å². The van der Waals surface area contributed by atoms with Gasteiger partial charge in [0.2, 0.25) is 0 Å². The minimum Gasteiger partial charge on any atom is -0.486 e. The van der Waals surface area contributed by atoms with E-state index in [-0.39, 0.29) is 5.91 Å². The first-order valence-corrected chi connectivity index (χ1v) is 8.82. The molecule has 3 heterocycles. The van der Waals surface area contributed by atoms with E-state index in [9.17, 15) is 4.79 Å². The smallest absolute Gasteiger partial charge is 0.251 e. The van der Waals surface area contributed by atoms with Gasteiger partial charge < -0.3 is 14.8 Å². The van der Waals surface area contributed by atoms with E-state index in [1.54, 1.807) is 24.5 Å². The third-order valence-corrected chi connectivity index (χ3v) is 4.47. The number of nitrogens with one attached hydrogen (secondary N) is 1. The minimum absolute atomic E-state index is 0.247. The summed E-state index contributed by atoms with van der Waals surface area (Å²) in [6.45, 7) is 3.14. The van der Waals surface area contributed by atoms with Gasteiger partial charge in [0.05, 0.1) is 5.02 Å². The number of hydrogen-bond donors (Lipinski definition) is 1. The van der Waals surface area contributed by atoms with Crippen LogP contribution in [0.25, 0.3) is 5.82 Å². The highest BCUT2D eigenvalue weighted by molar-refractivity contribution is 6.32. The van der Waals surface area contributed by atoms with Crippen LogP contribution in [-0.2, 0) is 6.54 Å². The molecule has 1 amide bonds. The number of ether oxygens (including phenoxy) is 2. The number of halogens is 1. The molecule has 1 aromatic carbocycles. The topological polar surface area (TPSA) is 78.3 Å². The third kappa shape index (κ3) is 3.59. The number of rotatable bonds is 4. The Morgan fingerprint density at radius 1 is 1.26 bits per heavy atom. The minimum atomic E-state index is -0.247. The largest absolute Gasteiger partial charge is 0.486 e. The quantitative estimate of drug-likeness (QED) is 0.748. The number of fused-ring (bicyclic) bond motifs is 1. The zero-order valence-electron chi connectivity index (χ0n) is 14.6. The van der Waals surface area contributed by atoms with Crippen LogP contribution in [0.5, 0.6) is 11.5 Å². The second-order valence-corrected chi connectivity index (χ2v) is 6.44. The van der Waals surface area contributed by atoms with Crippen molar-refractivity contribution in [1.82, 2.24) is 19.9 Å². The fourth-order valence-corrected chi connectivity index (χ4v) is 3.08. The summed E-state index contributed by atoms with van der Waals surface area (Å²) in [7, 11) is 0. The lowest BCUT2D eigenvalue weighted by molar-refractivity contribution is 0.0949. The van der Waals surface area contributed by atoms with Crippen LogP contribution in [-0.4, -0.2) is 33.7 Å². The van der Waals surface area contributed by atoms with Crippen molar-refractivity contribution >= 4 is 17.5 Å². The van der Waals surface area contributed by atoms with Crippen LogP contribution in [0.2, 0.25) is 5.02 Å². The van der Waals surface area contributed by atoms with Crippen molar-refractivity contribution in [3.05, 3.63) is 64.8 Å². The fraction of sp³-hybridized carbons (Fsp3) is 0.211. The number of carbonyl (C=O) groups excluding carboxylic acids is 1. The zero-order chi connectivity index (χ0) is 18.8. The summed E-state index contributed by atoms with van der Waals surface area (Å²) in [5.74, 6) is 2.36. The Morgan fingerprint density at radius 3 is 2.85 bits per heavy atom. The van der Waals surface area contributed by atoms with Crippen LogP contribution < -0.4 is 14.8 Å². The van der Waals surface area contributed by atoms with E-state index in [1.807, 2.05) is 29.8 Å². The maximum absolute atomic E-state index is 12.5. The average molecular weight is 385 g/mol. The normalized spacial score (nSPS) is 12.7. The molecule has 0 saturated heterocycles. The Balaban J connectivity index is 1.44. The van der Waals surface area contributed by atoms with Crippen molar-refractivity contribution in [1.29, 1.82) is 0 Å². The first-order valence-electron chi connectivity index (χ1n) is 8.44. The van der Waals surface area contributed by atoms with Gasteiger partial charge in [-0.05, 0) is 30.7 Å². The van der Waals surface area contributed by atoms with Crippen molar-refractivity contribution in [3.8, 4) is 17.3 Å². The van der Waals surface area contributed by atoms with Gasteiger partial charge in [0.15, 0.2) is 11.5 Å². The van der Waals surface area contributed by atoms with E-state index >= 15 is 0 Å². The molecule has 8 heteroatoms. The van der Waals surface area contributed by atoms with Gasteiger partial charge in [-0.3, -0.25) is 9.36 Å². The fourth-order valence-electron chi connectivity index (χ4n) is 2.81. The maximum Gasteiger partial charge on any atom is 0.251 e. The van der Waals surface area contributed by atoms with Gasteiger partial charge in [-0.2, -0.15) is 0 Å². The number of hydrogen-bond acceptors (Lipinski definition) is 5. The molecule has 3 aromatic rings. The van der Waals surface area contributed by atoms with Gasteiger partial charge in [-0.1, -0.05) is 17.7 Å². The summed E-state index contributed by atoms with van der Waals surface area (Å²) in [4.78, 5) is 21.1. The van der Waals surface area contributed by atoms with Crippen molar-refractivity contribution in [3.63, 3.8) is 0 Å². The highest BCUT2D eigenvalue weighted by Gasteiger charge is 2.19. The standard InChI is InChI=1S/C19H17ClN4O3/c1-12-21-4-5-24(12)17-3-2-13(10-22-17)11-23-19(25)14-8-15(20)18-16(9-14)26-6-7-27-18/h2-5,8-10H,6-7,11H2,1H3,(H,23,25). The molecule has 1 N–H and O–H groups in total. The molecular formula is C19H17ClN4O3. The van der Waals surface area contributed by atoms with Gasteiger partial charge in [-0.15, -0.1) is 0 Å². The Bertz CT molecular complexity index is 985. The molecule has 7 nitrogen and oxygen atoms in total. The first kappa shape index (κ1) is 17.4. The molecule has 0 saturated carbocycles. The number of benzene rings is 1. The SMILES string of the molecule is Cc1nccn1-c1ccc(CNC(=O)c2cc(Cl)c3c(c2)OCCO3)cn1. The van der Waals surface area contributed by atoms with Crippen molar-refractivity contribution in [2.45, 2.75) is 13.5 Å². The lowest BCUT2D eigenvalue weighted by Gasteiger charge is -2.20. The van der Waals surface area contributed by atoms with E-state index in [2.05, 4.69) is 15.3 Å². The third-order valence-electron chi connectivity index (χ3n) is 4.19. The number of aryl methyl sites for hydroxylation is 1. The van der Waals surface area contributed by atoms with Gasteiger partial charge in [-0.25, -0.2) is 9.97 Å². The number of carbonyl (C=O) groups is 1. The van der Waals surface area contributed by atoms with E-state index < -0.39 is 0 Å². The molecule has 0 atom stereocenters. The molecule has 0 bridgehead atoms. The first-order chi connectivity index (χ1) is 13.1. The van der Waals surface area contributed by atoms with Crippen molar-refractivity contribution in [2.75, 3.05) is 13.2 Å². The summed E-state index contributed by atoms with van der Waals surface area (Å²) in [6.07, 6.45) is 5.31. The van der Waals surface area contributed by atoms with Gasteiger partial charge in [0.25, 0.3) is 5.91 Å². The molecule has 1 aliphatic heterocycles. The van der Waals surface area contributed by atoms with Crippen LogP contribution in [0.15, 0.2) is 42.9 Å². The van der Waals surface area contributed by atoms with Gasteiger partial charge in [0, 0.05) is 30.7 Å². The Morgan fingerprint density at radius 2 is 2.11 bits per heavy atom. The summed E-state index contributed by atoms with van der Waals surface area (Å²) < 4.78 is 12.9. The van der Waals surface area contributed by atoms with Crippen LogP contribution in [0, 0.1) is 6.92 Å². The van der Waals surface area contributed by atoms with Crippen molar-refractivity contribution in [2.24, 2.45) is 0 Å². The van der Waals surface area contributed by atoms with E-state index in [4.69, 9.17) is 21.1 Å². The van der Waals surface area contributed by atoms with Gasteiger partial charge in [0.1, 0.15) is 24.9 Å².